The van der Waals surface area contributed by atoms with Crippen molar-refractivity contribution in [3.8, 4) is 0 Å². The van der Waals surface area contributed by atoms with E-state index in [-0.39, 0.29) is 0 Å². The largest absolute Gasteiger partial charge is 0.478 e. The lowest BCUT2D eigenvalue weighted by Gasteiger charge is -2.17. The number of aromatic nitrogens is 1. The van der Waals surface area contributed by atoms with Gasteiger partial charge in [0.1, 0.15) is 5.69 Å². The highest BCUT2D eigenvalue weighted by atomic mass is 32.2. The number of hydrogen-bond acceptors (Lipinski definition) is 4. The lowest BCUT2D eigenvalue weighted by Crippen LogP contribution is -2.22. The average Bonchev–Trinajstić information content (AvgIpc) is 2.23. The van der Waals surface area contributed by atoms with Crippen molar-refractivity contribution in [1.82, 2.24) is 4.98 Å². The maximum Gasteiger partial charge on any atom is 0.434 e. The monoisotopic (exact) mass is 333 g/mol. The van der Waals surface area contributed by atoms with Crippen molar-refractivity contribution in [2.45, 2.75) is 24.4 Å². The lowest BCUT2D eigenvalue weighted by molar-refractivity contribution is -0.142. The predicted octanol–water partition coefficient (Wildman–Crippen LogP) is 2.45. The fourth-order valence-corrected chi connectivity index (χ4v) is 2.97. The number of nitrogens with zero attached hydrogens (tertiary/aromatic N) is 1. The molecule has 11 heteroatoms. The molecule has 5 nitrogen and oxygen atoms in total. The minimum atomic E-state index is -5.32. The Morgan fingerprint density at radius 1 is 1.29 bits per heavy atom. The molecule has 118 valence electrons. The van der Waals surface area contributed by atoms with E-state index in [2.05, 4.69) is 4.98 Å². The van der Waals surface area contributed by atoms with Gasteiger partial charge in [-0.15, -0.1) is 0 Å². The van der Waals surface area contributed by atoms with Gasteiger partial charge in [-0.3, -0.25) is 0 Å². The fourth-order valence-electron chi connectivity index (χ4n) is 1.79. The van der Waals surface area contributed by atoms with Crippen LogP contribution in [0.1, 0.15) is 33.7 Å². The summed E-state index contributed by atoms with van der Waals surface area (Å²) in [5.74, 6) is -2.11. The van der Waals surface area contributed by atoms with Crippen LogP contribution in [0, 0.1) is 6.92 Å². The molecule has 0 bridgehead atoms. The van der Waals surface area contributed by atoms with Gasteiger partial charge in [-0.05, 0) is 12.5 Å². The molecule has 0 saturated heterocycles. The lowest BCUT2D eigenvalue weighted by atomic mass is 10.1. The maximum absolute atomic E-state index is 12.8. The van der Waals surface area contributed by atoms with Gasteiger partial charge in [0.2, 0.25) is 0 Å². The molecule has 0 amide bonds. The Bertz CT molecular complexity index is 696. The minimum Gasteiger partial charge on any atom is -0.478 e. The molecular formula is C10H8F5NO4S. The van der Waals surface area contributed by atoms with E-state index in [0.717, 1.165) is 0 Å². The molecule has 0 spiro atoms. The SMILES string of the molecule is Cc1c(C(=O)O)c(C(F)(F)F)nc(C(F)F)c1S(C)(=O)=O. The number of carboxylic acid groups (broad SMARTS) is 1. The van der Waals surface area contributed by atoms with Crippen LogP contribution in [0.25, 0.3) is 0 Å². The second kappa shape index (κ2) is 5.20. The number of rotatable bonds is 3. The van der Waals surface area contributed by atoms with Gasteiger partial charge in [0, 0.05) is 6.26 Å². The number of sulfone groups is 1. The molecule has 1 heterocycles. The first-order valence-corrected chi connectivity index (χ1v) is 7.00. The van der Waals surface area contributed by atoms with E-state index in [1.165, 1.54) is 0 Å². The van der Waals surface area contributed by atoms with Crippen molar-refractivity contribution in [2.75, 3.05) is 6.26 Å². The Morgan fingerprint density at radius 3 is 2.05 bits per heavy atom. The van der Waals surface area contributed by atoms with Gasteiger partial charge in [-0.2, -0.15) is 13.2 Å². The van der Waals surface area contributed by atoms with E-state index in [0.29, 0.717) is 13.2 Å². The highest BCUT2D eigenvalue weighted by Gasteiger charge is 2.42. The number of alkyl halides is 5. The van der Waals surface area contributed by atoms with Crippen LogP contribution in [0.3, 0.4) is 0 Å². The van der Waals surface area contributed by atoms with E-state index < -0.39 is 55.8 Å². The van der Waals surface area contributed by atoms with Gasteiger partial charge in [0.15, 0.2) is 15.5 Å². The Morgan fingerprint density at radius 2 is 1.76 bits per heavy atom. The molecule has 0 saturated carbocycles. The summed E-state index contributed by atoms with van der Waals surface area (Å²) < 4.78 is 86.7. The molecule has 0 aliphatic carbocycles. The third-order valence-corrected chi connectivity index (χ3v) is 3.73. The molecule has 0 radical (unpaired) electrons. The zero-order valence-electron chi connectivity index (χ0n) is 10.5. The molecule has 0 aliphatic heterocycles. The number of halogens is 5. The number of aromatic carboxylic acids is 1. The molecule has 1 aromatic rings. The first kappa shape index (κ1) is 17.3. The molecule has 0 unspecified atom stereocenters. The summed E-state index contributed by atoms with van der Waals surface area (Å²) in [5, 5.41) is 8.81. The van der Waals surface area contributed by atoms with Crippen molar-refractivity contribution in [3.05, 3.63) is 22.5 Å². The standard InChI is InChI=1S/C10H8F5NO4S/c1-3-4(9(17)18)7(10(13,14)15)16-5(8(11)12)6(3)21(2,19)20/h8H,1-2H3,(H,17,18). The summed E-state index contributed by atoms with van der Waals surface area (Å²) in [6.45, 7) is 0.711. The Balaban J connectivity index is 4.04. The molecular weight excluding hydrogens is 325 g/mol. The van der Waals surface area contributed by atoms with Gasteiger partial charge >= 0.3 is 12.1 Å². The van der Waals surface area contributed by atoms with Crippen LogP contribution < -0.4 is 0 Å². The van der Waals surface area contributed by atoms with Crippen LogP contribution in [0.2, 0.25) is 0 Å². The average molecular weight is 333 g/mol. The minimum absolute atomic E-state index is 0.474. The smallest absolute Gasteiger partial charge is 0.434 e. The number of pyridine rings is 1. The summed E-state index contributed by atoms with van der Waals surface area (Å²) in [6.07, 6.45) is -8.46. The fraction of sp³-hybridized carbons (Fsp3) is 0.400. The summed E-state index contributed by atoms with van der Waals surface area (Å²) in [7, 11) is -4.40. The van der Waals surface area contributed by atoms with E-state index in [1.807, 2.05) is 0 Å². The molecule has 21 heavy (non-hydrogen) atoms. The topological polar surface area (TPSA) is 84.3 Å². The zero-order valence-corrected chi connectivity index (χ0v) is 11.3. The Hall–Kier alpha value is -1.78. The first-order valence-electron chi connectivity index (χ1n) is 5.11. The second-order valence-corrected chi connectivity index (χ2v) is 6.00. The Kier molecular flexibility index (Phi) is 4.28. The summed E-state index contributed by atoms with van der Waals surface area (Å²) >= 11 is 0. The maximum atomic E-state index is 12.8. The van der Waals surface area contributed by atoms with Crippen molar-refractivity contribution in [2.24, 2.45) is 0 Å². The predicted molar refractivity (Wildman–Crippen MR) is 59.0 cm³/mol. The van der Waals surface area contributed by atoms with Crippen LogP contribution in [0.4, 0.5) is 22.0 Å². The van der Waals surface area contributed by atoms with Crippen molar-refractivity contribution in [3.63, 3.8) is 0 Å². The Labute approximate surface area is 115 Å². The summed E-state index contributed by atoms with van der Waals surface area (Å²) in [5.41, 5.74) is -6.07. The molecule has 1 rings (SSSR count). The molecule has 0 aromatic carbocycles. The first-order chi connectivity index (χ1) is 9.28. The third-order valence-electron chi connectivity index (χ3n) is 2.48. The van der Waals surface area contributed by atoms with E-state index in [4.69, 9.17) is 5.11 Å². The van der Waals surface area contributed by atoms with E-state index in [1.54, 1.807) is 0 Å². The van der Waals surface area contributed by atoms with Crippen LogP contribution in [0.5, 0.6) is 0 Å². The van der Waals surface area contributed by atoms with E-state index in [9.17, 15) is 35.2 Å². The highest BCUT2D eigenvalue weighted by molar-refractivity contribution is 7.90. The molecule has 0 atom stereocenters. The molecule has 0 aliphatic rings. The molecule has 1 aromatic heterocycles. The summed E-state index contributed by atoms with van der Waals surface area (Å²) in [6, 6.07) is 0. The normalized spacial score (nSPS) is 12.8. The second-order valence-electron chi connectivity index (χ2n) is 4.05. The van der Waals surface area contributed by atoms with Crippen LogP contribution in [-0.2, 0) is 16.0 Å². The highest BCUT2D eigenvalue weighted by Crippen LogP contribution is 2.37. The quantitative estimate of drug-likeness (QED) is 0.859. The van der Waals surface area contributed by atoms with Gasteiger partial charge in [-0.1, -0.05) is 0 Å². The number of carboxylic acids is 1. The van der Waals surface area contributed by atoms with Crippen molar-refractivity contribution < 1.29 is 40.3 Å². The number of carbonyl (C=O) groups is 1. The van der Waals surface area contributed by atoms with Crippen molar-refractivity contribution >= 4 is 15.8 Å². The van der Waals surface area contributed by atoms with E-state index >= 15 is 0 Å². The van der Waals surface area contributed by atoms with Gasteiger partial charge in [-0.25, -0.2) is 27.0 Å². The van der Waals surface area contributed by atoms with Crippen LogP contribution in [-0.4, -0.2) is 30.7 Å². The van der Waals surface area contributed by atoms with Gasteiger partial charge in [0.05, 0.1) is 10.5 Å². The zero-order chi connectivity index (χ0) is 16.7. The number of hydrogen-bond donors (Lipinski definition) is 1. The van der Waals surface area contributed by atoms with Gasteiger partial charge < -0.3 is 5.11 Å². The summed E-state index contributed by atoms with van der Waals surface area (Å²) in [4.78, 5) is 12.3. The molecule has 0 fully saturated rings. The van der Waals surface area contributed by atoms with Gasteiger partial charge in [0.25, 0.3) is 6.43 Å². The molecule has 1 N–H and O–H groups in total. The van der Waals surface area contributed by atoms with Crippen molar-refractivity contribution in [1.29, 1.82) is 0 Å². The van der Waals surface area contributed by atoms with Crippen LogP contribution >= 0.6 is 0 Å². The van der Waals surface area contributed by atoms with Crippen LogP contribution in [0.15, 0.2) is 4.90 Å². The third kappa shape index (κ3) is 3.28.